The van der Waals surface area contributed by atoms with Gasteiger partial charge in [0.25, 0.3) is 0 Å². The smallest absolute Gasteiger partial charge is 0.496 e. The van der Waals surface area contributed by atoms with Crippen molar-refractivity contribution in [2.45, 2.75) is 12.8 Å². The Bertz CT molecular complexity index is 606. The summed E-state index contributed by atoms with van der Waals surface area (Å²) in [5, 5.41) is 3.08. The van der Waals surface area contributed by atoms with Gasteiger partial charge in [0.2, 0.25) is 0 Å². The Hall–Kier alpha value is -2.51. The fourth-order valence-corrected chi connectivity index (χ4v) is 1.85. The lowest BCUT2D eigenvalue weighted by Gasteiger charge is -2.13. The van der Waals surface area contributed by atoms with E-state index in [0.717, 1.165) is 5.56 Å². The topological polar surface area (TPSA) is 56.3 Å². The van der Waals surface area contributed by atoms with Gasteiger partial charge in [-0.3, -0.25) is 0 Å². The van der Waals surface area contributed by atoms with Gasteiger partial charge in [-0.15, -0.1) is 13.2 Å². The quantitative estimate of drug-likeness (QED) is 0.888. The first kappa shape index (κ1) is 15.9. The Kier molecular flexibility index (Phi) is 5.03. The van der Waals surface area contributed by atoms with E-state index in [2.05, 4.69) is 20.0 Å². The number of aromatic nitrogens is 2. The Morgan fingerprint density at radius 2 is 2.05 bits per heavy atom. The number of anilines is 1. The highest BCUT2D eigenvalue weighted by Crippen LogP contribution is 2.29. The maximum absolute atomic E-state index is 12.2. The molecule has 0 bridgehead atoms. The largest absolute Gasteiger partial charge is 0.573 e. The van der Waals surface area contributed by atoms with Crippen LogP contribution in [0.5, 0.6) is 11.5 Å². The first-order valence-corrected chi connectivity index (χ1v) is 6.40. The van der Waals surface area contributed by atoms with Crippen LogP contribution >= 0.6 is 0 Å². The molecule has 0 unspecified atom stereocenters. The van der Waals surface area contributed by atoms with E-state index in [4.69, 9.17) is 4.74 Å². The minimum atomic E-state index is -4.72. The van der Waals surface area contributed by atoms with Crippen molar-refractivity contribution in [1.82, 2.24) is 9.97 Å². The summed E-state index contributed by atoms with van der Waals surface area (Å²) in [5.41, 5.74) is 0.763. The third-order valence-corrected chi connectivity index (χ3v) is 2.77. The predicted molar refractivity (Wildman–Crippen MR) is 73.9 cm³/mol. The van der Waals surface area contributed by atoms with Crippen molar-refractivity contribution in [1.29, 1.82) is 0 Å². The summed E-state index contributed by atoms with van der Waals surface area (Å²) in [5.74, 6) is 0.703. The van der Waals surface area contributed by atoms with Crippen molar-refractivity contribution >= 4 is 5.82 Å². The number of benzene rings is 1. The molecule has 0 aliphatic rings. The summed E-state index contributed by atoms with van der Waals surface area (Å²) in [6.45, 7) is 0.548. The monoisotopic (exact) mass is 313 g/mol. The van der Waals surface area contributed by atoms with Gasteiger partial charge in [0.05, 0.1) is 7.11 Å². The molecule has 1 aromatic carbocycles. The molecule has 0 spiro atoms. The van der Waals surface area contributed by atoms with Gasteiger partial charge in [0.15, 0.2) is 0 Å². The zero-order valence-electron chi connectivity index (χ0n) is 11.7. The molecule has 1 N–H and O–H groups in total. The van der Waals surface area contributed by atoms with E-state index in [9.17, 15) is 13.2 Å². The molecule has 0 aliphatic carbocycles. The summed E-state index contributed by atoms with van der Waals surface area (Å²) in [6.07, 6.45) is -1.13. The molecule has 8 heteroatoms. The molecule has 118 valence electrons. The number of ether oxygens (including phenoxy) is 2. The van der Waals surface area contributed by atoms with E-state index in [1.54, 1.807) is 18.3 Å². The Labute approximate surface area is 125 Å². The summed E-state index contributed by atoms with van der Waals surface area (Å²) in [4.78, 5) is 7.81. The lowest BCUT2D eigenvalue weighted by Crippen LogP contribution is -2.17. The van der Waals surface area contributed by atoms with Crippen LogP contribution in [0.3, 0.4) is 0 Å². The molecule has 5 nitrogen and oxygen atoms in total. The summed E-state index contributed by atoms with van der Waals surface area (Å²) >= 11 is 0. The standard InChI is InChI=1S/C14H14F3N3O2/c1-21-12-8-11(22-14(15,16)17)3-2-10(12)4-7-19-13-5-6-18-9-20-13/h2-3,5-6,8-9H,4,7H2,1H3,(H,18,19,20). The van der Waals surface area contributed by atoms with Crippen LogP contribution in [0.15, 0.2) is 36.8 Å². The van der Waals surface area contributed by atoms with E-state index in [1.807, 2.05) is 0 Å². The number of hydrogen-bond donors (Lipinski definition) is 1. The zero-order chi connectivity index (χ0) is 16.0. The molecular weight excluding hydrogens is 299 g/mol. The average molecular weight is 313 g/mol. The molecule has 1 heterocycles. The van der Waals surface area contributed by atoms with Crippen molar-refractivity contribution in [2.75, 3.05) is 19.0 Å². The van der Waals surface area contributed by atoms with Crippen LogP contribution in [0.1, 0.15) is 5.56 Å². The van der Waals surface area contributed by atoms with E-state index < -0.39 is 6.36 Å². The molecular formula is C14H14F3N3O2. The third-order valence-electron chi connectivity index (χ3n) is 2.77. The average Bonchev–Trinajstić information content (AvgIpc) is 2.48. The summed E-state index contributed by atoms with van der Waals surface area (Å²) in [7, 11) is 1.40. The predicted octanol–water partition coefficient (Wildman–Crippen LogP) is 3.04. The molecule has 2 aromatic rings. The molecule has 0 aliphatic heterocycles. The van der Waals surface area contributed by atoms with Crippen molar-refractivity contribution < 1.29 is 22.6 Å². The lowest BCUT2D eigenvalue weighted by molar-refractivity contribution is -0.274. The fourth-order valence-electron chi connectivity index (χ4n) is 1.85. The number of halogens is 3. The fraction of sp³-hybridized carbons (Fsp3) is 0.286. The molecule has 0 amide bonds. The highest BCUT2D eigenvalue weighted by Gasteiger charge is 2.31. The number of rotatable bonds is 6. The van der Waals surface area contributed by atoms with E-state index in [1.165, 1.54) is 25.6 Å². The molecule has 0 saturated carbocycles. The molecule has 0 atom stereocenters. The number of methoxy groups -OCH3 is 1. The molecule has 0 radical (unpaired) electrons. The van der Waals surface area contributed by atoms with E-state index in [-0.39, 0.29) is 5.75 Å². The number of nitrogens with zero attached hydrogens (tertiary/aromatic N) is 2. The van der Waals surface area contributed by atoms with Crippen LogP contribution in [0, 0.1) is 0 Å². The SMILES string of the molecule is COc1cc(OC(F)(F)F)ccc1CCNc1ccncn1. The van der Waals surface area contributed by atoms with Crippen LogP contribution in [0.4, 0.5) is 19.0 Å². The van der Waals surface area contributed by atoms with Gasteiger partial charge in [0.1, 0.15) is 23.6 Å². The van der Waals surface area contributed by atoms with Crippen molar-refractivity contribution in [2.24, 2.45) is 0 Å². The first-order valence-electron chi connectivity index (χ1n) is 6.40. The molecule has 2 rings (SSSR count). The highest BCUT2D eigenvalue weighted by molar-refractivity contribution is 5.41. The third kappa shape index (κ3) is 4.80. The Balaban J connectivity index is 1.98. The van der Waals surface area contributed by atoms with Crippen molar-refractivity contribution in [3.63, 3.8) is 0 Å². The second kappa shape index (κ2) is 6.97. The van der Waals surface area contributed by atoms with Crippen molar-refractivity contribution in [3.05, 3.63) is 42.4 Å². The van der Waals surface area contributed by atoms with Gasteiger partial charge in [-0.1, -0.05) is 6.07 Å². The van der Waals surface area contributed by atoms with Gasteiger partial charge in [0, 0.05) is 18.8 Å². The molecule has 0 saturated heterocycles. The van der Waals surface area contributed by atoms with Crippen LogP contribution in [0.25, 0.3) is 0 Å². The molecule has 1 aromatic heterocycles. The number of hydrogen-bond acceptors (Lipinski definition) is 5. The number of alkyl halides is 3. The maximum Gasteiger partial charge on any atom is 0.573 e. The van der Waals surface area contributed by atoms with Gasteiger partial charge in [-0.2, -0.15) is 0 Å². The van der Waals surface area contributed by atoms with Crippen LogP contribution < -0.4 is 14.8 Å². The zero-order valence-corrected chi connectivity index (χ0v) is 11.7. The van der Waals surface area contributed by atoms with E-state index in [0.29, 0.717) is 24.5 Å². The summed E-state index contributed by atoms with van der Waals surface area (Å²) in [6, 6.07) is 5.74. The van der Waals surface area contributed by atoms with Gasteiger partial charge < -0.3 is 14.8 Å². The minimum absolute atomic E-state index is 0.308. The normalized spacial score (nSPS) is 11.1. The van der Waals surface area contributed by atoms with Crippen LogP contribution in [-0.4, -0.2) is 30.0 Å². The first-order chi connectivity index (χ1) is 10.5. The summed E-state index contributed by atoms with van der Waals surface area (Å²) < 4.78 is 45.5. The Morgan fingerprint density at radius 1 is 1.23 bits per heavy atom. The van der Waals surface area contributed by atoms with Crippen molar-refractivity contribution in [3.8, 4) is 11.5 Å². The number of nitrogens with one attached hydrogen (secondary N) is 1. The maximum atomic E-state index is 12.2. The lowest BCUT2D eigenvalue weighted by atomic mass is 10.1. The van der Waals surface area contributed by atoms with Gasteiger partial charge in [-0.05, 0) is 24.1 Å². The van der Waals surface area contributed by atoms with Crippen LogP contribution in [0.2, 0.25) is 0 Å². The Morgan fingerprint density at radius 3 is 2.68 bits per heavy atom. The van der Waals surface area contributed by atoms with E-state index >= 15 is 0 Å². The second-order valence-electron chi connectivity index (χ2n) is 4.29. The highest BCUT2D eigenvalue weighted by atomic mass is 19.4. The minimum Gasteiger partial charge on any atom is -0.496 e. The van der Waals surface area contributed by atoms with Gasteiger partial charge in [-0.25, -0.2) is 9.97 Å². The molecule has 0 fully saturated rings. The van der Waals surface area contributed by atoms with Crippen LogP contribution in [-0.2, 0) is 6.42 Å². The molecule has 22 heavy (non-hydrogen) atoms. The second-order valence-corrected chi connectivity index (χ2v) is 4.29. The van der Waals surface area contributed by atoms with Gasteiger partial charge >= 0.3 is 6.36 Å².